The lowest BCUT2D eigenvalue weighted by Gasteiger charge is -2.28. The molecule has 3 N–H and O–H groups in total. The smallest absolute Gasteiger partial charge is 0.162 e. The first-order valence-electron chi connectivity index (χ1n) is 10.2. The molecular weight excluding hydrogens is 413 g/mol. The third kappa shape index (κ3) is 4.25. The van der Waals surface area contributed by atoms with Crippen molar-refractivity contribution in [1.29, 1.82) is 0 Å². The van der Waals surface area contributed by atoms with E-state index in [1.807, 2.05) is 23.5 Å². The lowest BCUT2D eigenvalue weighted by Crippen LogP contribution is -2.37. The third-order valence-corrected chi connectivity index (χ3v) is 5.67. The summed E-state index contributed by atoms with van der Waals surface area (Å²) in [6, 6.07) is 9.06. The van der Waals surface area contributed by atoms with E-state index >= 15 is 0 Å². The molecule has 0 radical (unpaired) electrons. The number of morpholine rings is 1. The minimum Gasteiger partial charge on any atom is -0.508 e. The summed E-state index contributed by atoms with van der Waals surface area (Å²) in [6.45, 7) is 3.45. The lowest BCUT2D eigenvalue weighted by atomic mass is 10.1. The number of pyridine rings is 1. The van der Waals surface area contributed by atoms with Crippen LogP contribution in [0.5, 0.6) is 5.75 Å². The van der Waals surface area contributed by atoms with Crippen molar-refractivity contribution in [2.75, 3.05) is 37.4 Å². The molecule has 10 heteroatoms. The van der Waals surface area contributed by atoms with Gasteiger partial charge in [0.2, 0.25) is 0 Å². The van der Waals surface area contributed by atoms with Crippen LogP contribution < -0.4 is 15.9 Å². The van der Waals surface area contributed by atoms with Crippen LogP contribution in [0.1, 0.15) is 5.56 Å². The number of aromatic nitrogens is 3. The standard InChI is InChI=1S/C21H24N7O2P/c29-17-3-1-2-15(9-17)20-23-18-8-14(11-28-12-16(13-31)25-26-28)10-22-19(18)21(24-20)27-4-6-30-7-5-27/h1-3,8-10,12,25-26,29H,4-7,11,13,31H2. The van der Waals surface area contributed by atoms with Crippen LogP contribution in [-0.2, 0) is 11.3 Å². The second-order valence-electron chi connectivity index (χ2n) is 7.46. The highest BCUT2D eigenvalue weighted by Gasteiger charge is 2.20. The van der Waals surface area contributed by atoms with Gasteiger partial charge in [-0.3, -0.25) is 9.99 Å². The Labute approximate surface area is 182 Å². The van der Waals surface area contributed by atoms with Crippen LogP contribution in [0.4, 0.5) is 5.82 Å². The van der Waals surface area contributed by atoms with Crippen LogP contribution in [0, 0.1) is 0 Å². The van der Waals surface area contributed by atoms with Crippen molar-refractivity contribution in [2.24, 2.45) is 0 Å². The van der Waals surface area contributed by atoms with Crippen LogP contribution in [0.25, 0.3) is 22.4 Å². The molecule has 0 aliphatic carbocycles. The molecule has 160 valence electrons. The van der Waals surface area contributed by atoms with Crippen LogP contribution in [0.15, 0.2) is 48.4 Å². The highest BCUT2D eigenvalue weighted by molar-refractivity contribution is 7.16. The maximum Gasteiger partial charge on any atom is 0.162 e. The van der Waals surface area contributed by atoms with E-state index in [1.54, 1.807) is 18.2 Å². The Morgan fingerprint density at radius 1 is 1.16 bits per heavy atom. The minimum absolute atomic E-state index is 0.185. The highest BCUT2D eigenvalue weighted by Crippen LogP contribution is 2.29. The lowest BCUT2D eigenvalue weighted by molar-refractivity contribution is 0.122. The number of ether oxygens (including phenoxy) is 1. The number of hydrazine groups is 2. The number of phenols is 1. The summed E-state index contributed by atoms with van der Waals surface area (Å²) >= 11 is 0. The van der Waals surface area contributed by atoms with E-state index in [0.717, 1.165) is 52.9 Å². The Kier molecular flexibility index (Phi) is 5.55. The van der Waals surface area contributed by atoms with Gasteiger partial charge in [0.1, 0.15) is 11.3 Å². The first kappa shape index (κ1) is 19.9. The Balaban J connectivity index is 1.56. The number of nitrogens with one attached hydrogen (secondary N) is 2. The van der Waals surface area contributed by atoms with E-state index in [-0.39, 0.29) is 5.75 Å². The van der Waals surface area contributed by atoms with Gasteiger partial charge in [-0.15, -0.1) is 14.8 Å². The number of benzene rings is 1. The normalized spacial score (nSPS) is 16.5. The number of anilines is 1. The zero-order valence-corrected chi connectivity index (χ0v) is 18.1. The molecule has 31 heavy (non-hydrogen) atoms. The van der Waals surface area contributed by atoms with Crippen LogP contribution in [-0.4, -0.2) is 57.5 Å². The fourth-order valence-electron chi connectivity index (χ4n) is 3.68. The van der Waals surface area contributed by atoms with Crippen molar-refractivity contribution in [2.45, 2.75) is 6.54 Å². The SMILES string of the molecule is Oc1cccc(-c2nc(N3CCOCC3)c3ncc(CN4C=C(CP)NN4)cc3n2)c1. The van der Waals surface area contributed by atoms with Crippen molar-refractivity contribution < 1.29 is 9.84 Å². The van der Waals surface area contributed by atoms with Gasteiger partial charge in [0.05, 0.1) is 25.3 Å². The van der Waals surface area contributed by atoms with E-state index in [0.29, 0.717) is 25.6 Å². The van der Waals surface area contributed by atoms with Crippen molar-refractivity contribution in [3.05, 3.63) is 54.0 Å². The van der Waals surface area contributed by atoms with Crippen LogP contribution >= 0.6 is 9.24 Å². The topological polar surface area (TPSA) is 98.7 Å². The summed E-state index contributed by atoms with van der Waals surface area (Å²) in [5.74, 6) is 1.55. The van der Waals surface area contributed by atoms with Crippen molar-refractivity contribution in [3.63, 3.8) is 0 Å². The molecule has 1 fully saturated rings. The number of hydrogen-bond donors (Lipinski definition) is 3. The Hall–Kier alpha value is -3.00. The number of allylic oxidation sites excluding steroid dienone is 1. The van der Waals surface area contributed by atoms with Crippen LogP contribution in [0.3, 0.4) is 0 Å². The first-order valence-corrected chi connectivity index (χ1v) is 11.0. The second kappa shape index (κ2) is 8.63. The van der Waals surface area contributed by atoms with E-state index in [2.05, 4.69) is 31.2 Å². The molecule has 0 bridgehead atoms. The minimum atomic E-state index is 0.185. The molecule has 0 spiro atoms. The van der Waals surface area contributed by atoms with Crippen molar-refractivity contribution in [1.82, 2.24) is 30.9 Å². The molecule has 0 saturated carbocycles. The fraction of sp³-hybridized carbons (Fsp3) is 0.286. The number of phenolic OH excluding ortho intramolecular Hbond substituents is 1. The summed E-state index contributed by atoms with van der Waals surface area (Å²) in [7, 11) is 2.70. The van der Waals surface area contributed by atoms with E-state index in [1.165, 1.54) is 0 Å². The first-order chi connectivity index (χ1) is 15.2. The molecule has 3 aromatic rings. The molecule has 1 unspecified atom stereocenters. The Bertz CT molecular complexity index is 1130. The summed E-state index contributed by atoms with van der Waals surface area (Å²) in [4.78, 5) is 16.5. The maximum absolute atomic E-state index is 9.93. The van der Waals surface area contributed by atoms with Gasteiger partial charge in [-0.05, 0) is 23.8 Å². The zero-order chi connectivity index (χ0) is 21.2. The fourth-order valence-corrected chi connectivity index (χ4v) is 3.89. The van der Waals surface area contributed by atoms with Gasteiger partial charge in [0.25, 0.3) is 0 Å². The zero-order valence-electron chi connectivity index (χ0n) is 17.0. The van der Waals surface area contributed by atoms with Gasteiger partial charge >= 0.3 is 0 Å². The van der Waals surface area contributed by atoms with E-state index < -0.39 is 0 Å². The number of hydrogen-bond acceptors (Lipinski definition) is 9. The predicted octanol–water partition coefficient (Wildman–Crippen LogP) is 1.78. The molecule has 9 nitrogen and oxygen atoms in total. The molecule has 1 atom stereocenters. The molecule has 1 saturated heterocycles. The highest BCUT2D eigenvalue weighted by atomic mass is 31.0. The van der Waals surface area contributed by atoms with Gasteiger partial charge in [-0.2, -0.15) is 0 Å². The predicted molar refractivity (Wildman–Crippen MR) is 122 cm³/mol. The van der Waals surface area contributed by atoms with Crippen molar-refractivity contribution in [3.8, 4) is 17.1 Å². The average molecular weight is 437 g/mol. The average Bonchev–Trinajstić information content (AvgIpc) is 3.26. The molecule has 4 heterocycles. The van der Waals surface area contributed by atoms with E-state index in [9.17, 15) is 5.11 Å². The molecular formula is C21H24N7O2P. The van der Waals surface area contributed by atoms with Gasteiger partial charge in [-0.1, -0.05) is 12.1 Å². The van der Waals surface area contributed by atoms with Crippen LogP contribution in [0.2, 0.25) is 0 Å². The Morgan fingerprint density at radius 2 is 2.03 bits per heavy atom. The van der Waals surface area contributed by atoms with Gasteiger partial charge in [0.15, 0.2) is 11.6 Å². The molecule has 5 rings (SSSR count). The quantitative estimate of drug-likeness (QED) is 0.516. The summed E-state index contributed by atoms with van der Waals surface area (Å²) in [5, 5.41) is 11.9. The molecule has 0 amide bonds. The van der Waals surface area contributed by atoms with E-state index in [4.69, 9.17) is 19.7 Å². The molecule has 2 aliphatic heterocycles. The van der Waals surface area contributed by atoms with Gasteiger partial charge in [0, 0.05) is 42.9 Å². The number of aromatic hydroxyl groups is 1. The summed E-state index contributed by atoms with van der Waals surface area (Å²) in [5.41, 5.74) is 10.7. The monoisotopic (exact) mass is 437 g/mol. The maximum atomic E-state index is 9.93. The largest absolute Gasteiger partial charge is 0.508 e. The number of fused-ring (bicyclic) bond motifs is 1. The second-order valence-corrected chi connectivity index (χ2v) is 7.86. The van der Waals surface area contributed by atoms with Crippen molar-refractivity contribution >= 4 is 26.1 Å². The summed E-state index contributed by atoms with van der Waals surface area (Å²) < 4.78 is 5.51. The molecule has 2 aliphatic rings. The Morgan fingerprint density at radius 3 is 2.81 bits per heavy atom. The number of nitrogens with zero attached hydrogens (tertiary/aromatic N) is 5. The number of rotatable bonds is 5. The third-order valence-electron chi connectivity index (χ3n) is 5.23. The van der Waals surface area contributed by atoms with Gasteiger partial charge < -0.3 is 20.2 Å². The molecule has 2 aromatic heterocycles. The molecule has 1 aromatic carbocycles. The van der Waals surface area contributed by atoms with Gasteiger partial charge in [-0.25, -0.2) is 9.97 Å². The summed E-state index contributed by atoms with van der Waals surface area (Å²) in [6.07, 6.45) is 4.76.